The number of anilines is 3. The van der Waals surface area contributed by atoms with E-state index in [0.717, 1.165) is 10.5 Å². The van der Waals surface area contributed by atoms with Gasteiger partial charge in [-0.15, -0.1) is 0 Å². The van der Waals surface area contributed by atoms with E-state index in [1.54, 1.807) is 13.2 Å². The van der Waals surface area contributed by atoms with Crippen molar-refractivity contribution in [3.8, 4) is 0 Å². The molecule has 0 unspecified atom stereocenters. The first kappa shape index (κ1) is 21.4. The van der Waals surface area contributed by atoms with Crippen molar-refractivity contribution in [2.24, 2.45) is 0 Å². The maximum Gasteiger partial charge on any atom is 0.471 e. The van der Waals surface area contributed by atoms with Gasteiger partial charge in [0.25, 0.3) is 0 Å². The van der Waals surface area contributed by atoms with Crippen LogP contribution in [0.25, 0.3) is 0 Å². The van der Waals surface area contributed by atoms with E-state index in [4.69, 9.17) is 4.42 Å². The summed E-state index contributed by atoms with van der Waals surface area (Å²) in [4.78, 5) is 21.4. The Morgan fingerprint density at radius 2 is 1.97 bits per heavy atom. The average molecular weight is 476 g/mol. The second-order valence-corrected chi connectivity index (χ2v) is 7.66. The van der Waals surface area contributed by atoms with Crippen molar-refractivity contribution in [3.63, 3.8) is 0 Å². The molecule has 1 amide bonds. The molecular weight excluding hydrogens is 455 g/mol. The number of aromatic nitrogens is 2. The Hall–Kier alpha value is -2.30. The number of amides is 1. The molecule has 0 aliphatic heterocycles. The van der Waals surface area contributed by atoms with E-state index in [0.29, 0.717) is 37.4 Å². The molecule has 0 aromatic carbocycles. The van der Waals surface area contributed by atoms with Crippen molar-refractivity contribution >= 4 is 39.5 Å². The Bertz CT molecular complexity index is 865. The quantitative estimate of drug-likeness (QED) is 0.662. The molecule has 0 atom stereocenters. The van der Waals surface area contributed by atoms with Crippen LogP contribution in [0.15, 0.2) is 27.4 Å². The molecule has 1 saturated carbocycles. The number of nitrogens with zero attached hydrogens (tertiary/aromatic N) is 3. The van der Waals surface area contributed by atoms with Gasteiger partial charge in [0.2, 0.25) is 11.8 Å². The first-order valence-corrected chi connectivity index (χ1v) is 9.92. The minimum atomic E-state index is -4.98. The Kier molecular flexibility index (Phi) is 6.35. The first-order chi connectivity index (χ1) is 13.7. The zero-order valence-electron chi connectivity index (χ0n) is 15.9. The van der Waals surface area contributed by atoms with E-state index in [-0.39, 0.29) is 16.6 Å². The summed E-state index contributed by atoms with van der Waals surface area (Å²) in [5.74, 6) is -0.865. The number of carbonyl (C=O) groups excluding carboxylic acids is 1. The lowest BCUT2D eigenvalue weighted by molar-refractivity contribution is -0.171. The number of nitrogens with one attached hydrogen (secondary N) is 2. The number of hydrogen-bond donors (Lipinski definition) is 2. The third-order valence-corrected chi connectivity index (χ3v) is 5.29. The van der Waals surface area contributed by atoms with Crippen molar-refractivity contribution < 1.29 is 22.4 Å². The lowest BCUT2D eigenvalue weighted by Gasteiger charge is -2.36. The molecule has 29 heavy (non-hydrogen) atoms. The van der Waals surface area contributed by atoms with Gasteiger partial charge in [0.05, 0.1) is 0 Å². The minimum Gasteiger partial charge on any atom is -0.433 e. The van der Waals surface area contributed by atoms with Gasteiger partial charge in [-0.3, -0.25) is 9.69 Å². The molecule has 1 aliphatic carbocycles. The predicted octanol–water partition coefficient (Wildman–Crippen LogP) is 4.50. The fourth-order valence-corrected chi connectivity index (χ4v) is 3.74. The van der Waals surface area contributed by atoms with Gasteiger partial charge in [0, 0.05) is 37.0 Å². The summed E-state index contributed by atoms with van der Waals surface area (Å²) < 4.78 is 44.9. The molecule has 0 saturated heterocycles. The number of carbonyl (C=O) groups is 1. The Labute approximate surface area is 174 Å². The summed E-state index contributed by atoms with van der Waals surface area (Å²) in [6, 6.07) is 2.22. The first-order valence-electron chi connectivity index (χ1n) is 9.12. The smallest absolute Gasteiger partial charge is 0.433 e. The SMILES string of the molecule is CNc1nc(NC2CCC(N(C(=O)C(F)(F)F)c3ccc(Br)o3)CC2)ncc1C. The Morgan fingerprint density at radius 1 is 1.28 bits per heavy atom. The van der Waals surface area contributed by atoms with Crippen molar-refractivity contribution in [1.82, 2.24) is 9.97 Å². The summed E-state index contributed by atoms with van der Waals surface area (Å²) in [5, 5.41) is 6.21. The third-order valence-electron chi connectivity index (χ3n) is 4.86. The highest BCUT2D eigenvalue weighted by Crippen LogP contribution is 2.34. The fourth-order valence-electron chi connectivity index (χ4n) is 3.44. The molecule has 1 fully saturated rings. The van der Waals surface area contributed by atoms with Crippen molar-refractivity contribution in [2.45, 2.75) is 50.9 Å². The number of rotatable bonds is 5. The molecule has 0 bridgehead atoms. The normalized spacial score (nSPS) is 19.7. The highest BCUT2D eigenvalue weighted by atomic mass is 79.9. The van der Waals surface area contributed by atoms with E-state index in [2.05, 4.69) is 36.5 Å². The number of halogens is 4. The molecule has 3 rings (SSSR count). The number of hydrogen-bond acceptors (Lipinski definition) is 6. The maximum absolute atomic E-state index is 13.1. The molecule has 2 aromatic rings. The molecule has 2 aromatic heterocycles. The Morgan fingerprint density at radius 3 is 2.52 bits per heavy atom. The molecule has 2 N–H and O–H groups in total. The van der Waals surface area contributed by atoms with Gasteiger partial charge in [0.15, 0.2) is 4.67 Å². The summed E-state index contributed by atoms with van der Waals surface area (Å²) in [6.07, 6.45) is -1.36. The van der Waals surface area contributed by atoms with Crippen LogP contribution >= 0.6 is 15.9 Å². The standard InChI is InChI=1S/C18H21BrF3N5O2/c1-10-9-24-17(26-15(10)23-2)25-11-3-5-12(6-4-11)27(16(28)18(20,21)22)14-8-7-13(19)29-14/h7-9,11-12H,3-6H2,1-2H3,(H2,23,24,25,26). The van der Waals surface area contributed by atoms with Crippen molar-refractivity contribution in [2.75, 3.05) is 22.6 Å². The van der Waals surface area contributed by atoms with E-state index >= 15 is 0 Å². The molecule has 0 radical (unpaired) electrons. The van der Waals surface area contributed by atoms with Crippen LogP contribution < -0.4 is 15.5 Å². The molecule has 1 aliphatic rings. The maximum atomic E-state index is 13.1. The topological polar surface area (TPSA) is 83.3 Å². The summed E-state index contributed by atoms with van der Waals surface area (Å²) in [5.41, 5.74) is 0.910. The lowest BCUT2D eigenvalue weighted by atomic mass is 9.90. The average Bonchev–Trinajstić information content (AvgIpc) is 3.10. The zero-order valence-corrected chi connectivity index (χ0v) is 17.5. The van der Waals surface area contributed by atoms with Crippen LogP contribution in [0.5, 0.6) is 0 Å². The molecule has 0 spiro atoms. The second kappa shape index (κ2) is 8.60. The van der Waals surface area contributed by atoms with Crippen LogP contribution in [-0.4, -0.2) is 41.2 Å². The minimum absolute atomic E-state index is 0.00448. The monoisotopic (exact) mass is 475 g/mol. The largest absolute Gasteiger partial charge is 0.471 e. The molecule has 158 valence electrons. The second-order valence-electron chi connectivity index (χ2n) is 6.88. The van der Waals surface area contributed by atoms with Gasteiger partial charge in [-0.05, 0) is 54.6 Å². The van der Waals surface area contributed by atoms with Gasteiger partial charge in [-0.25, -0.2) is 4.98 Å². The van der Waals surface area contributed by atoms with E-state index in [9.17, 15) is 18.0 Å². The van der Waals surface area contributed by atoms with Gasteiger partial charge < -0.3 is 15.1 Å². The lowest BCUT2D eigenvalue weighted by Crippen LogP contribution is -2.49. The molecule has 2 heterocycles. The van der Waals surface area contributed by atoms with Gasteiger partial charge in [-0.1, -0.05) is 0 Å². The van der Waals surface area contributed by atoms with Gasteiger partial charge in [-0.2, -0.15) is 18.2 Å². The predicted molar refractivity (Wildman–Crippen MR) is 106 cm³/mol. The number of aryl methyl sites for hydroxylation is 1. The molecule has 11 heteroatoms. The highest BCUT2D eigenvalue weighted by molar-refractivity contribution is 9.10. The van der Waals surface area contributed by atoms with Crippen LogP contribution in [0.3, 0.4) is 0 Å². The Balaban J connectivity index is 1.69. The van der Waals surface area contributed by atoms with Gasteiger partial charge in [0.1, 0.15) is 5.82 Å². The molecule has 7 nitrogen and oxygen atoms in total. The van der Waals surface area contributed by atoms with Crippen molar-refractivity contribution in [3.05, 3.63) is 28.6 Å². The fraction of sp³-hybridized carbons (Fsp3) is 0.500. The summed E-state index contributed by atoms with van der Waals surface area (Å²) in [7, 11) is 1.77. The van der Waals surface area contributed by atoms with E-state index < -0.39 is 18.1 Å². The van der Waals surface area contributed by atoms with Crippen LogP contribution in [0.1, 0.15) is 31.2 Å². The highest BCUT2D eigenvalue weighted by Gasteiger charge is 2.46. The van der Waals surface area contributed by atoms with Crippen molar-refractivity contribution in [1.29, 1.82) is 0 Å². The zero-order chi connectivity index (χ0) is 21.2. The molecular formula is C18H21BrF3N5O2. The van der Waals surface area contributed by atoms with E-state index in [1.807, 2.05) is 6.92 Å². The van der Waals surface area contributed by atoms with Gasteiger partial charge >= 0.3 is 12.1 Å². The number of furan rings is 1. The summed E-state index contributed by atoms with van der Waals surface area (Å²) >= 11 is 3.07. The third kappa shape index (κ3) is 5.01. The van der Waals surface area contributed by atoms with Crippen LogP contribution in [-0.2, 0) is 4.79 Å². The summed E-state index contributed by atoms with van der Waals surface area (Å²) in [6.45, 7) is 1.89. The number of alkyl halides is 3. The van der Waals surface area contributed by atoms with Crippen LogP contribution in [0.4, 0.5) is 30.8 Å². The van der Waals surface area contributed by atoms with Crippen LogP contribution in [0, 0.1) is 6.92 Å². The van der Waals surface area contributed by atoms with E-state index in [1.165, 1.54) is 12.1 Å². The van der Waals surface area contributed by atoms with Crippen LogP contribution in [0.2, 0.25) is 0 Å².